The number of benzene rings is 1. The van der Waals surface area contributed by atoms with Gasteiger partial charge in [0.1, 0.15) is 0 Å². The summed E-state index contributed by atoms with van der Waals surface area (Å²) in [7, 11) is -3.72. The van der Waals surface area contributed by atoms with Gasteiger partial charge in [-0.3, -0.25) is 14.9 Å². The molecule has 0 N–H and O–H groups in total. The van der Waals surface area contributed by atoms with Crippen molar-refractivity contribution >= 4 is 53.2 Å². The standard InChI is InChI=1S/C10H9Br2NO5S/c1-2-19(17,18)10(11,12)9(14)7-3-5-8(6-4-7)13(15)16/h3-6H,2H2,1H3. The first kappa shape index (κ1) is 16.3. The first-order valence-corrected chi connectivity index (χ1v) is 8.26. The van der Waals surface area contributed by atoms with Crippen molar-refractivity contribution in [3.63, 3.8) is 0 Å². The third-order valence-corrected chi connectivity index (χ3v) is 7.78. The molecule has 19 heavy (non-hydrogen) atoms. The van der Waals surface area contributed by atoms with Crippen LogP contribution >= 0.6 is 31.9 Å². The van der Waals surface area contributed by atoms with Crippen molar-refractivity contribution in [2.24, 2.45) is 0 Å². The van der Waals surface area contributed by atoms with Gasteiger partial charge in [0, 0.05) is 17.7 Å². The van der Waals surface area contributed by atoms with E-state index in [1.807, 2.05) is 0 Å². The van der Waals surface area contributed by atoms with Crippen molar-refractivity contribution in [3.8, 4) is 0 Å². The molecule has 6 nitrogen and oxygen atoms in total. The van der Waals surface area contributed by atoms with E-state index in [1.54, 1.807) is 0 Å². The summed E-state index contributed by atoms with van der Waals surface area (Å²) in [5.74, 6) is -0.966. The van der Waals surface area contributed by atoms with E-state index in [4.69, 9.17) is 0 Å². The highest BCUT2D eigenvalue weighted by Gasteiger charge is 2.45. The van der Waals surface area contributed by atoms with Crippen LogP contribution in [0.5, 0.6) is 0 Å². The van der Waals surface area contributed by atoms with E-state index < -0.39 is 23.1 Å². The molecule has 0 unspecified atom stereocenters. The van der Waals surface area contributed by atoms with Crippen LogP contribution in [0.4, 0.5) is 5.69 Å². The average molecular weight is 415 g/mol. The van der Waals surface area contributed by atoms with E-state index in [0.717, 1.165) is 12.1 Å². The smallest absolute Gasteiger partial charge is 0.269 e. The van der Waals surface area contributed by atoms with Crippen LogP contribution in [0.25, 0.3) is 0 Å². The number of alkyl halides is 2. The number of halogens is 2. The second kappa shape index (κ2) is 5.68. The lowest BCUT2D eigenvalue weighted by Crippen LogP contribution is -2.35. The molecule has 1 rings (SSSR count). The summed E-state index contributed by atoms with van der Waals surface area (Å²) in [6, 6.07) is 4.70. The molecule has 0 spiro atoms. The van der Waals surface area contributed by atoms with Crippen LogP contribution in [-0.2, 0) is 9.84 Å². The third-order valence-electron chi connectivity index (χ3n) is 2.38. The Morgan fingerprint density at radius 1 is 1.32 bits per heavy atom. The van der Waals surface area contributed by atoms with E-state index in [-0.39, 0.29) is 17.0 Å². The minimum atomic E-state index is -3.72. The molecule has 0 bridgehead atoms. The predicted octanol–water partition coefficient (Wildman–Crippen LogP) is 2.66. The number of hydrogen-bond acceptors (Lipinski definition) is 5. The van der Waals surface area contributed by atoms with E-state index >= 15 is 0 Å². The highest BCUT2D eigenvalue weighted by molar-refractivity contribution is 9.28. The van der Waals surface area contributed by atoms with Gasteiger partial charge in [-0.05, 0) is 44.0 Å². The Bertz CT molecular complexity index is 609. The Hall–Kier alpha value is -0.800. The summed E-state index contributed by atoms with van der Waals surface area (Å²) in [6.07, 6.45) is 0. The Balaban J connectivity index is 3.17. The summed E-state index contributed by atoms with van der Waals surface area (Å²) < 4.78 is 21.7. The average Bonchev–Trinajstić information content (AvgIpc) is 2.37. The number of sulfone groups is 1. The number of nitro benzene ring substituents is 1. The van der Waals surface area contributed by atoms with Gasteiger partial charge < -0.3 is 0 Å². The maximum Gasteiger partial charge on any atom is 0.269 e. The number of non-ortho nitro benzene ring substituents is 1. The molecule has 0 amide bonds. The van der Waals surface area contributed by atoms with E-state index in [9.17, 15) is 23.3 Å². The zero-order valence-electron chi connectivity index (χ0n) is 9.67. The molecule has 0 aliphatic carbocycles. The normalized spacial score (nSPS) is 12.2. The second-order valence-electron chi connectivity index (χ2n) is 3.55. The van der Waals surface area contributed by atoms with Crippen LogP contribution in [0.3, 0.4) is 0 Å². The Labute approximate surface area is 126 Å². The Morgan fingerprint density at radius 3 is 2.16 bits per heavy atom. The lowest BCUT2D eigenvalue weighted by molar-refractivity contribution is -0.384. The van der Waals surface area contributed by atoms with E-state index in [2.05, 4.69) is 31.9 Å². The number of nitrogens with zero attached hydrogens (tertiary/aromatic N) is 1. The minimum Gasteiger partial charge on any atom is -0.290 e. The fourth-order valence-corrected chi connectivity index (χ4v) is 3.82. The molecule has 104 valence electrons. The van der Waals surface area contributed by atoms with Gasteiger partial charge >= 0.3 is 0 Å². The van der Waals surface area contributed by atoms with Gasteiger partial charge in [-0.2, -0.15) is 0 Å². The number of hydrogen-bond donors (Lipinski definition) is 0. The quantitative estimate of drug-likeness (QED) is 0.319. The van der Waals surface area contributed by atoms with Gasteiger partial charge in [0.05, 0.1) is 10.7 Å². The number of nitro groups is 1. The fourth-order valence-electron chi connectivity index (χ4n) is 1.23. The van der Waals surface area contributed by atoms with E-state index in [0.29, 0.717) is 0 Å². The fraction of sp³-hybridized carbons (Fsp3) is 0.300. The molecule has 0 aliphatic heterocycles. The van der Waals surface area contributed by atoms with Crippen molar-refractivity contribution in [2.75, 3.05) is 5.75 Å². The van der Waals surface area contributed by atoms with Crippen LogP contribution in [0, 0.1) is 10.1 Å². The molecular formula is C10H9Br2NO5S. The lowest BCUT2D eigenvalue weighted by atomic mass is 10.1. The summed E-state index contributed by atoms with van der Waals surface area (Å²) in [5.41, 5.74) is -0.124. The van der Waals surface area contributed by atoms with Crippen molar-refractivity contribution in [1.29, 1.82) is 0 Å². The van der Waals surface area contributed by atoms with Gasteiger partial charge in [-0.1, -0.05) is 6.92 Å². The summed E-state index contributed by atoms with van der Waals surface area (Å²) in [4.78, 5) is 22.0. The van der Waals surface area contributed by atoms with Crippen LogP contribution in [0.15, 0.2) is 24.3 Å². The van der Waals surface area contributed by atoms with Crippen LogP contribution in [0.2, 0.25) is 0 Å². The lowest BCUT2D eigenvalue weighted by Gasteiger charge is -2.18. The second-order valence-corrected chi connectivity index (χ2v) is 10.5. The number of ketones is 1. The molecular weight excluding hydrogens is 406 g/mol. The van der Waals surface area contributed by atoms with Crippen LogP contribution in [0.1, 0.15) is 17.3 Å². The van der Waals surface area contributed by atoms with Crippen molar-refractivity contribution in [3.05, 3.63) is 39.9 Å². The molecule has 0 fully saturated rings. The van der Waals surface area contributed by atoms with Crippen LogP contribution in [-0.4, -0.2) is 27.4 Å². The molecule has 0 aliphatic rings. The van der Waals surface area contributed by atoms with Gasteiger partial charge in [-0.15, -0.1) is 0 Å². The first-order chi connectivity index (χ1) is 8.63. The maximum atomic E-state index is 12.1. The monoisotopic (exact) mass is 413 g/mol. The first-order valence-electron chi connectivity index (χ1n) is 5.03. The molecule has 0 heterocycles. The van der Waals surface area contributed by atoms with Crippen molar-refractivity contribution < 1.29 is 18.1 Å². The van der Waals surface area contributed by atoms with Gasteiger partial charge in [-0.25, -0.2) is 8.42 Å². The van der Waals surface area contributed by atoms with Crippen molar-refractivity contribution in [1.82, 2.24) is 0 Å². The topological polar surface area (TPSA) is 94.3 Å². The number of carbonyl (C=O) groups is 1. The third kappa shape index (κ3) is 3.21. The molecule has 0 saturated heterocycles. The zero-order valence-corrected chi connectivity index (χ0v) is 13.7. The van der Waals surface area contributed by atoms with Crippen molar-refractivity contribution in [2.45, 2.75) is 9.49 Å². The molecule has 0 radical (unpaired) electrons. The summed E-state index contributed by atoms with van der Waals surface area (Å²) in [5, 5.41) is 10.5. The minimum absolute atomic E-state index is 0.0522. The number of carbonyl (C=O) groups excluding carboxylic acids is 1. The Morgan fingerprint density at radius 2 is 1.79 bits per heavy atom. The van der Waals surface area contributed by atoms with Gasteiger partial charge in [0.2, 0.25) is 8.35 Å². The maximum absolute atomic E-state index is 12.1. The molecule has 0 atom stereocenters. The largest absolute Gasteiger partial charge is 0.290 e. The highest BCUT2D eigenvalue weighted by Crippen LogP contribution is 2.37. The molecule has 1 aromatic carbocycles. The van der Waals surface area contributed by atoms with Crippen LogP contribution < -0.4 is 0 Å². The molecule has 9 heteroatoms. The summed E-state index contributed by atoms with van der Waals surface area (Å²) >= 11 is 5.72. The number of Topliss-reactive ketones (excluding diaryl/α,β-unsaturated/α-hetero) is 1. The predicted molar refractivity (Wildman–Crippen MR) is 77.5 cm³/mol. The number of rotatable bonds is 5. The molecule has 0 saturated carbocycles. The zero-order chi connectivity index (χ0) is 14.8. The molecule has 0 aromatic heterocycles. The Kier molecular flexibility index (Phi) is 4.86. The summed E-state index contributed by atoms with van der Waals surface area (Å²) in [6.45, 7) is 1.41. The van der Waals surface area contributed by atoms with E-state index in [1.165, 1.54) is 19.1 Å². The highest BCUT2D eigenvalue weighted by atomic mass is 79.9. The molecule has 1 aromatic rings. The SMILES string of the molecule is CCS(=O)(=O)C(Br)(Br)C(=O)c1ccc([N+](=O)[O-])cc1. The van der Waals surface area contributed by atoms with Gasteiger partial charge in [0.25, 0.3) is 5.69 Å². The van der Waals surface area contributed by atoms with Gasteiger partial charge in [0.15, 0.2) is 9.84 Å².